The highest BCUT2D eigenvalue weighted by molar-refractivity contribution is 7.89. The number of nitrogens with two attached hydrogens (primary N) is 1. The van der Waals surface area contributed by atoms with Crippen LogP contribution in [-0.4, -0.2) is 22.0 Å². The lowest BCUT2D eigenvalue weighted by Crippen LogP contribution is -2.24. The number of nitrogens with one attached hydrogen (secondary N) is 1. The predicted octanol–water partition coefficient (Wildman–Crippen LogP) is 1.60. The lowest BCUT2D eigenvalue weighted by Gasteiger charge is -2.27. The fraction of sp³-hybridized carbons (Fsp3) is 0.375. The molecule has 7 heteroatoms. The van der Waals surface area contributed by atoms with E-state index in [9.17, 15) is 8.42 Å². The normalized spacial score (nSPS) is 14.8. The first-order valence-corrected chi connectivity index (χ1v) is 9.13. The summed E-state index contributed by atoms with van der Waals surface area (Å²) in [6.45, 7) is 2.25. The van der Waals surface area contributed by atoms with Gasteiger partial charge in [-0.05, 0) is 42.2 Å². The Hall–Kier alpha value is -1.83. The number of nitrogens with zero attached hydrogens (tertiary/aromatic N) is 1. The fourth-order valence-electron chi connectivity index (χ4n) is 2.88. The molecule has 2 heterocycles. The van der Waals surface area contributed by atoms with E-state index in [-0.39, 0.29) is 5.09 Å². The van der Waals surface area contributed by atoms with Crippen LogP contribution < -0.4 is 15.4 Å². The number of sulfonamides is 1. The highest BCUT2D eigenvalue weighted by Crippen LogP contribution is 2.26. The van der Waals surface area contributed by atoms with Gasteiger partial charge in [0.2, 0.25) is 5.09 Å². The van der Waals surface area contributed by atoms with Crippen molar-refractivity contribution in [2.45, 2.75) is 31.0 Å². The molecule has 0 unspecified atom stereocenters. The maximum atomic E-state index is 11.2. The van der Waals surface area contributed by atoms with Gasteiger partial charge >= 0.3 is 0 Å². The molecule has 0 saturated carbocycles. The molecule has 23 heavy (non-hydrogen) atoms. The largest absolute Gasteiger partial charge is 0.447 e. The van der Waals surface area contributed by atoms with E-state index in [1.807, 2.05) is 0 Å². The number of hydrogen-bond acceptors (Lipinski definition) is 5. The Bertz CT molecular complexity index is 799. The van der Waals surface area contributed by atoms with Gasteiger partial charge in [0.05, 0.1) is 6.54 Å². The van der Waals surface area contributed by atoms with Crippen LogP contribution >= 0.6 is 0 Å². The summed E-state index contributed by atoms with van der Waals surface area (Å²) in [7, 11) is -1.65. The Morgan fingerprint density at radius 2 is 2.09 bits per heavy atom. The van der Waals surface area contributed by atoms with Crippen LogP contribution in [0, 0.1) is 0 Å². The summed E-state index contributed by atoms with van der Waals surface area (Å²) in [6, 6.07) is 9.51. The van der Waals surface area contributed by atoms with Crippen LogP contribution in [0.25, 0.3) is 0 Å². The maximum Gasteiger partial charge on any atom is 0.271 e. The van der Waals surface area contributed by atoms with Gasteiger partial charge in [-0.3, -0.25) is 0 Å². The quantitative estimate of drug-likeness (QED) is 0.866. The lowest BCUT2D eigenvalue weighted by atomic mass is 9.99. The summed E-state index contributed by atoms with van der Waals surface area (Å²) in [4.78, 5) is 2.29. The number of aryl methyl sites for hydroxylation is 1. The van der Waals surface area contributed by atoms with Gasteiger partial charge in [-0.2, -0.15) is 0 Å². The third-order valence-corrected chi connectivity index (χ3v) is 4.82. The molecule has 124 valence electrons. The van der Waals surface area contributed by atoms with Crippen molar-refractivity contribution >= 4 is 15.7 Å². The Morgan fingerprint density at radius 1 is 1.26 bits per heavy atom. The number of primary sulfonamides is 1. The Labute approximate surface area is 136 Å². The van der Waals surface area contributed by atoms with Crippen LogP contribution in [0.4, 0.5) is 5.69 Å². The van der Waals surface area contributed by atoms with E-state index >= 15 is 0 Å². The topological polar surface area (TPSA) is 88.6 Å². The van der Waals surface area contributed by atoms with Crippen molar-refractivity contribution in [3.8, 4) is 0 Å². The molecule has 2 aromatic rings. The number of furan rings is 1. The Kier molecular flexibility index (Phi) is 4.43. The summed E-state index contributed by atoms with van der Waals surface area (Å²) in [5, 5.41) is 8.08. The molecule has 3 rings (SSSR count). The second-order valence-electron chi connectivity index (χ2n) is 5.86. The van der Waals surface area contributed by atoms with Crippen molar-refractivity contribution in [1.29, 1.82) is 0 Å². The van der Waals surface area contributed by atoms with Gasteiger partial charge in [-0.15, -0.1) is 0 Å². The molecule has 0 radical (unpaired) electrons. The van der Waals surface area contributed by atoms with Crippen LogP contribution in [0.15, 0.2) is 39.8 Å². The summed E-state index contributed by atoms with van der Waals surface area (Å²) >= 11 is 0. The maximum absolute atomic E-state index is 11.2. The molecule has 6 nitrogen and oxygen atoms in total. The average molecular weight is 335 g/mol. The SMILES string of the molecule is CN1CCCc2cc(CNCc3ccc(S(N)(=O)=O)o3)ccc21. The minimum atomic E-state index is -3.77. The molecular weight excluding hydrogens is 314 g/mol. The van der Waals surface area contributed by atoms with Crippen molar-refractivity contribution in [2.24, 2.45) is 5.14 Å². The number of fused-ring (bicyclic) bond motifs is 1. The predicted molar refractivity (Wildman–Crippen MR) is 88.7 cm³/mol. The molecule has 0 saturated heterocycles. The zero-order valence-corrected chi connectivity index (χ0v) is 13.9. The summed E-state index contributed by atoms with van der Waals surface area (Å²) in [5.74, 6) is 0.548. The van der Waals surface area contributed by atoms with Gasteiger partial charge in [0.1, 0.15) is 5.76 Å². The van der Waals surface area contributed by atoms with Gasteiger partial charge < -0.3 is 14.6 Å². The van der Waals surface area contributed by atoms with Gasteiger partial charge in [0.25, 0.3) is 10.0 Å². The first-order valence-electron chi connectivity index (χ1n) is 7.58. The molecule has 0 atom stereocenters. The number of rotatable bonds is 5. The monoisotopic (exact) mass is 335 g/mol. The second-order valence-corrected chi connectivity index (χ2v) is 7.35. The molecule has 1 aromatic carbocycles. The lowest BCUT2D eigenvalue weighted by molar-refractivity contribution is 0.402. The van der Waals surface area contributed by atoms with Crippen molar-refractivity contribution in [2.75, 3.05) is 18.5 Å². The summed E-state index contributed by atoms with van der Waals surface area (Å²) in [6.07, 6.45) is 2.30. The molecule has 0 amide bonds. The summed E-state index contributed by atoms with van der Waals surface area (Å²) in [5.41, 5.74) is 3.90. The van der Waals surface area contributed by atoms with E-state index in [4.69, 9.17) is 9.56 Å². The number of hydrogen-bond donors (Lipinski definition) is 2. The van der Waals surface area contributed by atoms with Crippen LogP contribution in [0.5, 0.6) is 0 Å². The fourth-order valence-corrected chi connectivity index (χ4v) is 3.37. The van der Waals surface area contributed by atoms with E-state index in [1.54, 1.807) is 6.07 Å². The third kappa shape index (κ3) is 3.74. The molecule has 0 spiro atoms. The average Bonchev–Trinajstić information content (AvgIpc) is 2.96. The van der Waals surface area contributed by atoms with Gasteiger partial charge in [-0.25, -0.2) is 13.6 Å². The second kappa shape index (κ2) is 6.35. The Balaban J connectivity index is 1.60. The van der Waals surface area contributed by atoms with Crippen molar-refractivity contribution < 1.29 is 12.8 Å². The molecule has 0 aliphatic carbocycles. The smallest absolute Gasteiger partial charge is 0.271 e. The molecule has 0 bridgehead atoms. The van der Waals surface area contributed by atoms with Crippen LogP contribution in [0.3, 0.4) is 0 Å². The number of benzene rings is 1. The molecule has 1 aromatic heterocycles. The minimum absolute atomic E-state index is 0.203. The van der Waals surface area contributed by atoms with Crippen LogP contribution in [0.1, 0.15) is 23.3 Å². The van der Waals surface area contributed by atoms with Gasteiger partial charge in [0.15, 0.2) is 0 Å². The molecular formula is C16H21N3O3S. The zero-order valence-electron chi connectivity index (χ0n) is 13.1. The van der Waals surface area contributed by atoms with E-state index in [2.05, 4.69) is 35.5 Å². The van der Waals surface area contributed by atoms with Crippen molar-refractivity contribution in [3.05, 3.63) is 47.2 Å². The first-order chi connectivity index (χ1) is 10.9. The van der Waals surface area contributed by atoms with Crippen LogP contribution in [-0.2, 0) is 29.5 Å². The van der Waals surface area contributed by atoms with Crippen LogP contribution in [0.2, 0.25) is 0 Å². The van der Waals surface area contributed by atoms with E-state index in [1.165, 1.54) is 29.3 Å². The first kappa shape index (κ1) is 16.0. The van der Waals surface area contributed by atoms with E-state index in [0.717, 1.165) is 13.0 Å². The van der Waals surface area contributed by atoms with Gasteiger partial charge in [-0.1, -0.05) is 12.1 Å². The van der Waals surface area contributed by atoms with Gasteiger partial charge in [0, 0.05) is 25.8 Å². The van der Waals surface area contributed by atoms with E-state index in [0.29, 0.717) is 18.8 Å². The number of anilines is 1. The molecule has 3 N–H and O–H groups in total. The zero-order chi connectivity index (χ0) is 16.4. The minimum Gasteiger partial charge on any atom is -0.447 e. The third-order valence-electron chi connectivity index (χ3n) is 4.04. The summed E-state index contributed by atoms with van der Waals surface area (Å²) < 4.78 is 27.5. The standard InChI is InChI=1S/C16H21N3O3S/c1-19-8-2-3-13-9-12(4-6-15(13)19)10-18-11-14-5-7-16(22-14)23(17,20)21/h4-7,9,18H,2-3,8,10-11H2,1H3,(H2,17,20,21). The Morgan fingerprint density at radius 3 is 2.83 bits per heavy atom. The van der Waals surface area contributed by atoms with E-state index < -0.39 is 10.0 Å². The van der Waals surface area contributed by atoms with Crippen molar-refractivity contribution in [3.63, 3.8) is 0 Å². The highest BCUT2D eigenvalue weighted by atomic mass is 32.2. The molecule has 1 aliphatic heterocycles. The molecule has 1 aliphatic rings. The van der Waals surface area contributed by atoms with Crippen molar-refractivity contribution in [1.82, 2.24) is 5.32 Å². The molecule has 0 fully saturated rings. The highest BCUT2D eigenvalue weighted by Gasteiger charge is 2.14.